The average Bonchev–Trinajstić information content (AvgIpc) is 3.35. The third-order valence-electron chi connectivity index (χ3n) is 7.94. The highest BCUT2D eigenvalue weighted by Crippen LogP contribution is 2.40. The summed E-state index contributed by atoms with van der Waals surface area (Å²) in [6, 6.07) is 6.94. The maximum atomic E-state index is 6.19. The molecule has 3 heterocycles. The van der Waals surface area contributed by atoms with E-state index in [2.05, 4.69) is 57.4 Å². The summed E-state index contributed by atoms with van der Waals surface area (Å²) in [5, 5.41) is 12.3. The summed E-state index contributed by atoms with van der Waals surface area (Å²) in [6.45, 7) is 9.51. The molecule has 0 radical (unpaired) electrons. The first-order valence-corrected chi connectivity index (χ1v) is 12.2. The summed E-state index contributed by atoms with van der Waals surface area (Å²) in [6.07, 6.45) is 8.66. The van der Waals surface area contributed by atoms with Crippen LogP contribution in [0.5, 0.6) is 5.75 Å². The van der Waals surface area contributed by atoms with E-state index >= 15 is 0 Å². The lowest BCUT2D eigenvalue weighted by Crippen LogP contribution is -2.53. The Morgan fingerprint density at radius 3 is 2.69 bits per heavy atom. The number of nitrogens with zero attached hydrogens (tertiary/aromatic N) is 4. The van der Waals surface area contributed by atoms with E-state index in [0.717, 1.165) is 84.9 Å². The molecule has 2 saturated carbocycles. The number of rotatable bonds is 5. The van der Waals surface area contributed by atoms with Gasteiger partial charge in [0.15, 0.2) is 0 Å². The van der Waals surface area contributed by atoms with Crippen LogP contribution in [-0.4, -0.2) is 70.3 Å². The van der Waals surface area contributed by atoms with Crippen molar-refractivity contribution in [1.29, 1.82) is 0 Å². The Bertz CT molecular complexity index is 1060. The second-order valence-corrected chi connectivity index (χ2v) is 10.2. The molecule has 32 heavy (non-hydrogen) atoms. The van der Waals surface area contributed by atoms with Gasteiger partial charge in [-0.2, -0.15) is 5.10 Å². The third kappa shape index (κ3) is 3.76. The Balaban J connectivity index is 1.18. The van der Waals surface area contributed by atoms with E-state index in [1.807, 2.05) is 6.07 Å². The summed E-state index contributed by atoms with van der Waals surface area (Å²) >= 11 is 0. The van der Waals surface area contributed by atoms with E-state index in [9.17, 15) is 0 Å². The zero-order valence-electron chi connectivity index (χ0n) is 19.2. The Morgan fingerprint density at radius 2 is 1.97 bits per heavy atom. The van der Waals surface area contributed by atoms with Crippen LogP contribution in [0.25, 0.3) is 16.6 Å². The molecule has 1 saturated heterocycles. The molecule has 1 aromatic carbocycles. The third-order valence-corrected chi connectivity index (χ3v) is 7.94. The molecule has 1 atom stereocenters. The van der Waals surface area contributed by atoms with Gasteiger partial charge in [-0.3, -0.25) is 10.00 Å². The van der Waals surface area contributed by atoms with Crippen molar-refractivity contribution in [1.82, 2.24) is 25.3 Å². The van der Waals surface area contributed by atoms with Crippen LogP contribution in [0.4, 0.5) is 0 Å². The molecule has 4 aliphatic rings. The Morgan fingerprint density at radius 1 is 1.16 bits per heavy atom. The second kappa shape index (κ2) is 7.80. The highest BCUT2D eigenvalue weighted by atomic mass is 16.5. The van der Waals surface area contributed by atoms with E-state index in [-0.39, 0.29) is 5.60 Å². The highest BCUT2D eigenvalue weighted by molar-refractivity contribution is 6.03. The average molecular weight is 435 g/mol. The molecule has 3 fully saturated rings. The van der Waals surface area contributed by atoms with Crippen molar-refractivity contribution in [3.63, 3.8) is 0 Å². The lowest BCUT2D eigenvalue weighted by molar-refractivity contribution is 0.0748. The van der Waals surface area contributed by atoms with E-state index < -0.39 is 0 Å². The first-order valence-electron chi connectivity index (χ1n) is 12.2. The van der Waals surface area contributed by atoms with Crippen LogP contribution in [0, 0.1) is 5.92 Å². The largest absolute Gasteiger partial charge is 0.488 e. The van der Waals surface area contributed by atoms with Crippen molar-refractivity contribution in [2.24, 2.45) is 10.9 Å². The lowest BCUT2D eigenvalue weighted by atomic mass is 9.79. The number of ether oxygens (including phenoxy) is 1. The first kappa shape index (κ1) is 20.1. The molecule has 7 nitrogen and oxygen atoms in total. The van der Waals surface area contributed by atoms with Gasteiger partial charge in [-0.25, -0.2) is 4.99 Å². The van der Waals surface area contributed by atoms with E-state index in [1.54, 1.807) is 0 Å². The zero-order valence-corrected chi connectivity index (χ0v) is 19.2. The van der Waals surface area contributed by atoms with Gasteiger partial charge < -0.3 is 15.0 Å². The molecule has 2 aromatic rings. The minimum absolute atomic E-state index is 0.0119. The molecule has 170 valence electrons. The number of aromatic nitrogens is 2. The van der Waals surface area contributed by atoms with Gasteiger partial charge in [-0.1, -0.05) is 6.42 Å². The van der Waals surface area contributed by atoms with Gasteiger partial charge in [-0.05, 0) is 63.6 Å². The van der Waals surface area contributed by atoms with Gasteiger partial charge in [0.05, 0.1) is 11.2 Å². The van der Waals surface area contributed by atoms with Gasteiger partial charge in [-0.15, -0.1) is 0 Å². The maximum Gasteiger partial charge on any atom is 0.127 e. The van der Waals surface area contributed by atoms with E-state index in [1.165, 1.54) is 19.3 Å². The number of benzene rings is 1. The quantitative estimate of drug-likeness (QED) is 0.753. The molecular weight excluding hydrogens is 400 g/mol. The van der Waals surface area contributed by atoms with Crippen LogP contribution in [0.2, 0.25) is 0 Å². The molecule has 1 unspecified atom stereocenters. The summed E-state index contributed by atoms with van der Waals surface area (Å²) in [5.74, 6) is 2.90. The Hall–Kier alpha value is -2.54. The number of piperazine rings is 1. The van der Waals surface area contributed by atoms with Crippen LogP contribution >= 0.6 is 0 Å². The minimum atomic E-state index is 0.0119. The molecule has 6 rings (SSSR count). The molecule has 7 heteroatoms. The fourth-order valence-corrected chi connectivity index (χ4v) is 5.18. The molecule has 2 aliphatic carbocycles. The van der Waals surface area contributed by atoms with Crippen LogP contribution < -0.4 is 10.1 Å². The second-order valence-electron chi connectivity index (χ2n) is 10.2. The summed E-state index contributed by atoms with van der Waals surface area (Å²) in [7, 11) is 0. The van der Waals surface area contributed by atoms with Crippen LogP contribution in [-0.2, 0) is 0 Å². The number of hydrogen-bond acceptors (Lipinski definition) is 6. The molecular formula is C25H34N6O. The molecule has 2 N–H and O–H groups in total. The molecule has 0 bridgehead atoms. The first-order chi connectivity index (χ1) is 15.6. The van der Waals surface area contributed by atoms with Crippen LogP contribution in [0.1, 0.15) is 51.6 Å². The van der Waals surface area contributed by atoms with Crippen LogP contribution in [0.15, 0.2) is 29.3 Å². The SMILES string of the molecule is CC(C1CCC1)N1CCN(C2=NCNC(c3n[nH]c4ccc(OC5(C)CC5)cc34)=C2)CC1. The van der Waals surface area contributed by atoms with Gasteiger partial charge in [0.1, 0.15) is 29.5 Å². The van der Waals surface area contributed by atoms with E-state index in [0.29, 0.717) is 6.67 Å². The fraction of sp³-hybridized carbons (Fsp3) is 0.600. The lowest BCUT2D eigenvalue weighted by Gasteiger charge is -2.44. The number of amidine groups is 1. The number of fused-ring (bicyclic) bond motifs is 1. The van der Waals surface area contributed by atoms with Crippen LogP contribution in [0.3, 0.4) is 0 Å². The number of aromatic amines is 1. The Labute approximate surface area is 189 Å². The van der Waals surface area contributed by atoms with Gasteiger partial charge >= 0.3 is 0 Å². The van der Waals surface area contributed by atoms with E-state index in [4.69, 9.17) is 9.73 Å². The molecule has 0 spiro atoms. The van der Waals surface area contributed by atoms with Gasteiger partial charge in [0, 0.05) is 43.7 Å². The highest BCUT2D eigenvalue weighted by Gasteiger charge is 2.40. The summed E-state index contributed by atoms with van der Waals surface area (Å²) < 4.78 is 6.19. The van der Waals surface area contributed by atoms with Crippen molar-refractivity contribution >= 4 is 22.4 Å². The summed E-state index contributed by atoms with van der Waals surface area (Å²) in [4.78, 5) is 9.88. The standard InChI is InChI=1S/C25H34N6O/c1-17(18-4-3-5-18)30-10-12-31(13-11-30)23-15-22(26-16-27-23)24-20-14-19(32-25(2)8-9-25)6-7-21(20)28-29-24/h6-7,14-15,17-18,26H,3-5,8-13,16H2,1-2H3,(H,28,29). The zero-order chi connectivity index (χ0) is 21.7. The predicted octanol–water partition coefficient (Wildman–Crippen LogP) is 3.60. The van der Waals surface area contributed by atoms with Gasteiger partial charge in [0.2, 0.25) is 0 Å². The maximum absolute atomic E-state index is 6.19. The monoisotopic (exact) mass is 434 g/mol. The minimum Gasteiger partial charge on any atom is -0.488 e. The van der Waals surface area contributed by atoms with Crippen molar-refractivity contribution < 1.29 is 4.74 Å². The smallest absolute Gasteiger partial charge is 0.127 e. The predicted molar refractivity (Wildman–Crippen MR) is 128 cm³/mol. The molecule has 0 amide bonds. The topological polar surface area (TPSA) is 68.8 Å². The van der Waals surface area contributed by atoms with Crippen molar-refractivity contribution in [2.75, 3.05) is 32.8 Å². The number of nitrogens with one attached hydrogen (secondary N) is 2. The summed E-state index contributed by atoms with van der Waals surface area (Å²) in [5.41, 5.74) is 3.01. The molecule has 1 aromatic heterocycles. The fourth-order valence-electron chi connectivity index (χ4n) is 5.18. The van der Waals surface area contributed by atoms with Crippen molar-refractivity contribution in [3.8, 4) is 5.75 Å². The van der Waals surface area contributed by atoms with Gasteiger partial charge in [0.25, 0.3) is 0 Å². The normalized spacial score (nSPS) is 24.4. The van der Waals surface area contributed by atoms with Crippen molar-refractivity contribution in [3.05, 3.63) is 30.0 Å². The Kier molecular flexibility index (Phi) is 4.90. The number of H-pyrrole nitrogens is 1. The molecule has 2 aliphatic heterocycles. The number of hydrogen-bond donors (Lipinski definition) is 2. The van der Waals surface area contributed by atoms with Crippen molar-refractivity contribution in [2.45, 2.75) is 57.6 Å². The number of aliphatic imine (C=N–C) groups is 1.